The van der Waals surface area contributed by atoms with Gasteiger partial charge in [-0.1, -0.05) is 13.8 Å². The molecular formula is C24H25N3O6S. The molecule has 3 aromatic rings. The lowest BCUT2D eigenvalue weighted by Gasteiger charge is -2.26. The van der Waals surface area contributed by atoms with Crippen LogP contribution in [0.1, 0.15) is 52.4 Å². The molecule has 1 unspecified atom stereocenters. The Bertz CT molecular complexity index is 1370. The molecule has 0 spiro atoms. The Morgan fingerprint density at radius 2 is 1.97 bits per heavy atom. The molecule has 1 aliphatic rings. The van der Waals surface area contributed by atoms with Gasteiger partial charge in [0.05, 0.1) is 30.0 Å². The van der Waals surface area contributed by atoms with E-state index in [1.165, 1.54) is 15.8 Å². The summed E-state index contributed by atoms with van der Waals surface area (Å²) < 4.78 is 12.0. The summed E-state index contributed by atoms with van der Waals surface area (Å²) in [5, 5.41) is 0.299. The minimum Gasteiger partial charge on any atom is -0.482 e. The van der Waals surface area contributed by atoms with Crippen molar-refractivity contribution in [2.45, 2.75) is 33.7 Å². The summed E-state index contributed by atoms with van der Waals surface area (Å²) >= 11 is 1.10. The van der Waals surface area contributed by atoms with E-state index in [1.54, 1.807) is 39.1 Å². The van der Waals surface area contributed by atoms with Gasteiger partial charge >= 0.3 is 5.97 Å². The van der Waals surface area contributed by atoms with E-state index >= 15 is 0 Å². The third-order valence-corrected chi connectivity index (χ3v) is 6.92. The number of rotatable bonds is 6. The maximum Gasteiger partial charge on any atom is 0.348 e. The monoisotopic (exact) mass is 483 g/mol. The highest BCUT2D eigenvalue weighted by Crippen LogP contribution is 2.33. The van der Waals surface area contributed by atoms with Crippen molar-refractivity contribution in [2.75, 3.05) is 25.2 Å². The number of thiophene rings is 1. The number of fused-ring (bicyclic) bond motifs is 2. The zero-order valence-corrected chi connectivity index (χ0v) is 20.4. The number of Topliss-reactive ketones (excluding diaryl/α,β-unsaturated/α-hetero) is 1. The smallest absolute Gasteiger partial charge is 0.348 e. The van der Waals surface area contributed by atoms with Gasteiger partial charge in [-0.25, -0.2) is 9.78 Å². The zero-order valence-electron chi connectivity index (χ0n) is 19.6. The molecule has 0 N–H and O–H groups in total. The van der Waals surface area contributed by atoms with E-state index in [-0.39, 0.29) is 30.8 Å². The standard InChI is InChI=1S/C24H25N3O6S/c1-12(2)9-33-24(31)21-13(3)19-22(34-21)25-11-27(23(19)30)14(4)20(29)15-6-7-17-16(8-15)26(5)18(28)10-32-17/h6-8,11-12,14H,9-10H2,1-5H3. The van der Waals surface area contributed by atoms with Gasteiger partial charge in [-0.3, -0.25) is 19.0 Å². The highest BCUT2D eigenvalue weighted by Gasteiger charge is 2.27. The molecular weight excluding hydrogens is 458 g/mol. The van der Waals surface area contributed by atoms with Crippen LogP contribution in [0.3, 0.4) is 0 Å². The van der Waals surface area contributed by atoms with Crippen molar-refractivity contribution in [1.82, 2.24) is 9.55 Å². The summed E-state index contributed by atoms with van der Waals surface area (Å²) in [6, 6.07) is 3.97. The Hall–Kier alpha value is -3.53. The lowest BCUT2D eigenvalue weighted by molar-refractivity contribution is -0.121. The fourth-order valence-electron chi connectivity index (χ4n) is 3.71. The number of carbonyl (C=O) groups is 3. The summed E-state index contributed by atoms with van der Waals surface area (Å²) in [7, 11) is 1.62. The van der Waals surface area contributed by atoms with Crippen LogP contribution >= 0.6 is 11.3 Å². The lowest BCUT2D eigenvalue weighted by atomic mass is 10.0. The SMILES string of the molecule is Cc1c(C(=O)OCC(C)C)sc2ncn(C(C)C(=O)c3ccc4c(c3)N(C)C(=O)CO4)c(=O)c12. The van der Waals surface area contributed by atoms with E-state index in [4.69, 9.17) is 9.47 Å². The van der Waals surface area contributed by atoms with Crippen molar-refractivity contribution in [3.05, 3.63) is 50.9 Å². The molecule has 0 radical (unpaired) electrons. The van der Waals surface area contributed by atoms with Gasteiger partial charge < -0.3 is 14.4 Å². The Kier molecular flexibility index (Phi) is 6.26. The quantitative estimate of drug-likeness (QED) is 0.391. The van der Waals surface area contributed by atoms with Crippen LogP contribution in [0.15, 0.2) is 29.3 Å². The first-order valence-electron chi connectivity index (χ1n) is 10.8. The van der Waals surface area contributed by atoms with Crippen LogP contribution in [0.2, 0.25) is 0 Å². The molecule has 4 rings (SSSR count). The maximum absolute atomic E-state index is 13.3. The Morgan fingerprint density at radius 1 is 1.24 bits per heavy atom. The second-order valence-electron chi connectivity index (χ2n) is 8.65. The molecule has 0 bridgehead atoms. The number of carbonyl (C=O) groups excluding carboxylic acids is 3. The zero-order chi connectivity index (χ0) is 24.7. The number of hydrogen-bond donors (Lipinski definition) is 0. The molecule has 1 aromatic carbocycles. The van der Waals surface area contributed by atoms with Crippen LogP contribution in [0, 0.1) is 12.8 Å². The van der Waals surface area contributed by atoms with Crippen molar-refractivity contribution in [1.29, 1.82) is 0 Å². The number of aromatic nitrogens is 2. The second-order valence-corrected chi connectivity index (χ2v) is 9.65. The average Bonchev–Trinajstić information content (AvgIpc) is 3.16. The first-order valence-corrected chi connectivity index (χ1v) is 11.7. The highest BCUT2D eigenvalue weighted by molar-refractivity contribution is 7.20. The summed E-state index contributed by atoms with van der Waals surface area (Å²) in [4.78, 5) is 57.5. The van der Waals surface area contributed by atoms with Gasteiger partial charge in [0, 0.05) is 12.6 Å². The van der Waals surface area contributed by atoms with Gasteiger partial charge in [-0.2, -0.15) is 0 Å². The van der Waals surface area contributed by atoms with Crippen LogP contribution in [0.5, 0.6) is 5.75 Å². The van der Waals surface area contributed by atoms with Crippen molar-refractivity contribution in [3.8, 4) is 5.75 Å². The highest BCUT2D eigenvalue weighted by atomic mass is 32.1. The average molecular weight is 484 g/mol. The van der Waals surface area contributed by atoms with E-state index in [2.05, 4.69) is 4.98 Å². The largest absolute Gasteiger partial charge is 0.482 e. The molecule has 3 heterocycles. The summed E-state index contributed by atoms with van der Waals surface area (Å²) in [5.41, 5.74) is 0.916. The molecule has 0 aliphatic carbocycles. The van der Waals surface area contributed by atoms with Crippen LogP contribution in [-0.4, -0.2) is 47.5 Å². The number of benzene rings is 1. The second kappa shape index (κ2) is 9.02. The molecule has 0 saturated heterocycles. The Balaban J connectivity index is 1.67. The number of ketones is 1. The Labute approximate surface area is 199 Å². The van der Waals surface area contributed by atoms with Gasteiger partial charge in [0.1, 0.15) is 15.5 Å². The molecule has 34 heavy (non-hydrogen) atoms. The lowest BCUT2D eigenvalue weighted by Crippen LogP contribution is -2.35. The number of likely N-dealkylation sites (N-methyl/N-ethyl adjacent to an activating group) is 1. The van der Waals surface area contributed by atoms with Gasteiger partial charge in [0.25, 0.3) is 11.5 Å². The minimum absolute atomic E-state index is 0.0543. The summed E-state index contributed by atoms with van der Waals surface area (Å²) in [6.45, 7) is 7.40. The van der Waals surface area contributed by atoms with E-state index in [1.807, 2.05) is 13.8 Å². The molecule has 0 fully saturated rings. The molecule has 2 aromatic heterocycles. The van der Waals surface area contributed by atoms with Crippen LogP contribution in [0.25, 0.3) is 10.2 Å². The maximum atomic E-state index is 13.3. The van der Waals surface area contributed by atoms with Gasteiger partial charge in [0.15, 0.2) is 12.4 Å². The van der Waals surface area contributed by atoms with Gasteiger partial charge in [0.2, 0.25) is 0 Å². The number of nitrogens with zero attached hydrogens (tertiary/aromatic N) is 3. The first kappa shape index (κ1) is 23.6. The third-order valence-electron chi connectivity index (χ3n) is 5.74. The number of ether oxygens (including phenoxy) is 2. The fourth-order valence-corrected chi connectivity index (χ4v) is 4.74. The number of aryl methyl sites for hydroxylation is 1. The molecule has 1 aliphatic heterocycles. The first-order chi connectivity index (χ1) is 16.1. The molecule has 1 amide bonds. The predicted molar refractivity (Wildman–Crippen MR) is 128 cm³/mol. The third kappa shape index (κ3) is 4.09. The van der Waals surface area contributed by atoms with Crippen LogP contribution in [-0.2, 0) is 9.53 Å². The molecule has 1 atom stereocenters. The van der Waals surface area contributed by atoms with E-state index < -0.39 is 17.6 Å². The van der Waals surface area contributed by atoms with E-state index in [0.717, 1.165) is 11.3 Å². The molecule has 178 valence electrons. The number of hydrogen-bond acceptors (Lipinski definition) is 8. The summed E-state index contributed by atoms with van der Waals surface area (Å²) in [6.07, 6.45) is 1.32. The molecule has 9 nitrogen and oxygen atoms in total. The van der Waals surface area contributed by atoms with Gasteiger partial charge in [-0.05, 0) is 43.5 Å². The van der Waals surface area contributed by atoms with Crippen LogP contribution in [0.4, 0.5) is 5.69 Å². The van der Waals surface area contributed by atoms with E-state index in [9.17, 15) is 19.2 Å². The predicted octanol–water partition coefficient (Wildman–Crippen LogP) is 3.38. The molecule has 10 heteroatoms. The fraction of sp³-hybridized carbons (Fsp3) is 0.375. The van der Waals surface area contributed by atoms with Crippen LogP contribution < -0.4 is 15.2 Å². The van der Waals surface area contributed by atoms with E-state index in [0.29, 0.717) is 37.7 Å². The normalized spacial score (nSPS) is 14.2. The number of anilines is 1. The number of esters is 1. The van der Waals surface area contributed by atoms with Crippen molar-refractivity contribution < 1.29 is 23.9 Å². The van der Waals surface area contributed by atoms with Crippen molar-refractivity contribution >= 4 is 44.9 Å². The van der Waals surface area contributed by atoms with Crippen molar-refractivity contribution in [3.63, 3.8) is 0 Å². The Morgan fingerprint density at radius 3 is 2.68 bits per heavy atom. The van der Waals surface area contributed by atoms with Crippen molar-refractivity contribution in [2.24, 2.45) is 5.92 Å². The summed E-state index contributed by atoms with van der Waals surface area (Å²) in [5.74, 6) is -0.320. The number of amides is 1. The topological polar surface area (TPSA) is 108 Å². The minimum atomic E-state index is -0.858. The molecule has 0 saturated carbocycles. The van der Waals surface area contributed by atoms with Gasteiger partial charge in [-0.15, -0.1) is 11.3 Å².